The average molecular weight is 387 g/mol. The number of para-hydroxylation sites is 2. The molecule has 0 spiro atoms. The Morgan fingerprint density at radius 2 is 2.00 bits per heavy atom. The van der Waals surface area contributed by atoms with Gasteiger partial charge in [0.05, 0.1) is 23.3 Å². The smallest absolute Gasteiger partial charge is 0.411 e. The summed E-state index contributed by atoms with van der Waals surface area (Å²) in [4.78, 5) is 23.4. The van der Waals surface area contributed by atoms with Crippen molar-refractivity contribution in [2.45, 2.75) is 6.42 Å². The van der Waals surface area contributed by atoms with E-state index in [9.17, 15) is 4.79 Å². The topological polar surface area (TPSA) is 117 Å². The van der Waals surface area contributed by atoms with E-state index in [4.69, 9.17) is 10.3 Å². The number of hydrogen-bond acceptors (Lipinski definition) is 5. The SMILES string of the molecule is [N-]=[N+]=NCCCOC(=O)Nc1ccc(-c2ccnc3nc4ccccc4n23)cc1. The van der Waals surface area contributed by atoms with Crippen molar-refractivity contribution in [3.63, 3.8) is 0 Å². The third kappa shape index (κ3) is 3.95. The number of fused-ring (bicyclic) bond motifs is 3. The van der Waals surface area contributed by atoms with E-state index in [-0.39, 0.29) is 6.61 Å². The maximum absolute atomic E-state index is 11.8. The molecule has 0 bridgehead atoms. The molecule has 2 aromatic carbocycles. The van der Waals surface area contributed by atoms with E-state index in [2.05, 4.69) is 25.3 Å². The summed E-state index contributed by atoms with van der Waals surface area (Å²) in [6, 6.07) is 17.3. The van der Waals surface area contributed by atoms with Gasteiger partial charge < -0.3 is 4.74 Å². The van der Waals surface area contributed by atoms with Gasteiger partial charge in [-0.3, -0.25) is 9.72 Å². The lowest BCUT2D eigenvalue weighted by Gasteiger charge is -2.09. The molecule has 0 unspecified atom stereocenters. The molecule has 0 atom stereocenters. The number of nitrogens with zero attached hydrogens (tertiary/aromatic N) is 6. The van der Waals surface area contributed by atoms with Crippen LogP contribution in [0.5, 0.6) is 0 Å². The minimum atomic E-state index is -0.550. The van der Waals surface area contributed by atoms with Gasteiger partial charge in [0.25, 0.3) is 0 Å². The van der Waals surface area contributed by atoms with Crippen molar-refractivity contribution in [2.24, 2.45) is 5.11 Å². The van der Waals surface area contributed by atoms with Gasteiger partial charge in [0.1, 0.15) is 0 Å². The third-order valence-corrected chi connectivity index (χ3v) is 4.33. The van der Waals surface area contributed by atoms with Crippen molar-refractivity contribution >= 4 is 28.6 Å². The first-order chi connectivity index (χ1) is 14.3. The van der Waals surface area contributed by atoms with Gasteiger partial charge in [-0.1, -0.05) is 29.4 Å². The first kappa shape index (κ1) is 18.3. The van der Waals surface area contributed by atoms with E-state index in [1.807, 2.05) is 59.0 Å². The molecule has 2 heterocycles. The van der Waals surface area contributed by atoms with Gasteiger partial charge in [-0.2, -0.15) is 0 Å². The van der Waals surface area contributed by atoms with E-state index in [0.29, 0.717) is 24.4 Å². The largest absolute Gasteiger partial charge is 0.449 e. The first-order valence-electron chi connectivity index (χ1n) is 9.03. The molecule has 1 amide bonds. The summed E-state index contributed by atoms with van der Waals surface area (Å²) in [7, 11) is 0. The highest BCUT2D eigenvalue weighted by Crippen LogP contribution is 2.25. The fourth-order valence-corrected chi connectivity index (χ4v) is 3.03. The second-order valence-electron chi connectivity index (χ2n) is 6.21. The lowest BCUT2D eigenvalue weighted by atomic mass is 10.1. The Kier molecular flexibility index (Phi) is 5.22. The number of rotatable bonds is 6. The number of carbonyl (C=O) groups excluding carboxylic acids is 1. The summed E-state index contributed by atoms with van der Waals surface area (Å²) in [5.74, 6) is 0.634. The van der Waals surface area contributed by atoms with E-state index in [1.165, 1.54) is 0 Å². The minimum absolute atomic E-state index is 0.186. The summed E-state index contributed by atoms with van der Waals surface area (Å²) in [6.07, 6.45) is 1.66. The zero-order valence-corrected chi connectivity index (χ0v) is 15.4. The molecule has 9 nitrogen and oxygen atoms in total. The van der Waals surface area contributed by atoms with Crippen LogP contribution in [0.15, 0.2) is 65.9 Å². The average Bonchev–Trinajstić information content (AvgIpc) is 3.13. The molecule has 0 aliphatic carbocycles. The van der Waals surface area contributed by atoms with Gasteiger partial charge in [-0.15, -0.1) is 0 Å². The molecule has 0 saturated heterocycles. The van der Waals surface area contributed by atoms with Gasteiger partial charge in [0.2, 0.25) is 5.78 Å². The molecular weight excluding hydrogens is 370 g/mol. The Balaban J connectivity index is 1.51. The Morgan fingerprint density at radius 1 is 1.17 bits per heavy atom. The second-order valence-corrected chi connectivity index (χ2v) is 6.21. The van der Waals surface area contributed by atoms with Crippen molar-refractivity contribution in [1.82, 2.24) is 14.4 Å². The maximum Gasteiger partial charge on any atom is 0.411 e. The predicted octanol–water partition coefficient (Wildman–Crippen LogP) is 4.80. The summed E-state index contributed by atoms with van der Waals surface area (Å²) in [5.41, 5.74) is 12.6. The van der Waals surface area contributed by atoms with Crippen LogP contribution >= 0.6 is 0 Å². The number of azide groups is 1. The fraction of sp³-hybridized carbons (Fsp3) is 0.150. The van der Waals surface area contributed by atoms with Crippen molar-refractivity contribution in [2.75, 3.05) is 18.5 Å². The highest BCUT2D eigenvalue weighted by Gasteiger charge is 2.10. The molecule has 9 heteroatoms. The lowest BCUT2D eigenvalue weighted by molar-refractivity contribution is 0.161. The molecule has 0 fully saturated rings. The normalized spacial score (nSPS) is 10.6. The van der Waals surface area contributed by atoms with Crippen molar-refractivity contribution < 1.29 is 9.53 Å². The molecule has 0 aliphatic rings. The second kappa shape index (κ2) is 8.28. The quantitative estimate of drug-likeness (QED) is 0.221. The Hall–Kier alpha value is -4.10. The van der Waals surface area contributed by atoms with Gasteiger partial charge in [-0.05, 0) is 47.8 Å². The van der Waals surface area contributed by atoms with E-state index < -0.39 is 6.09 Å². The zero-order chi connectivity index (χ0) is 20.1. The number of aromatic nitrogens is 3. The molecular formula is C20H17N7O2. The standard InChI is InChI=1S/C20H17N7O2/c21-26-23-11-3-13-29-20(28)24-15-8-6-14(7-9-15)17-10-12-22-19-25-16-4-1-2-5-18(16)27(17)19/h1-2,4-10,12H,3,11,13H2,(H,24,28). The molecule has 4 rings (SSSR count). The molecule has 1 N–H and O–H groups in total. The molecule has 144 valence electrons. The van der Waals surface area contributed by atoms with Gasteiger partial charge in [0.15, 0.2) is 0 Å². The zero-order valence-electron chi connectivity index (χ0n) is 15.4. The maximum atomic E-state index is 11.8. The molecule has 0 saturated carbocycles. The summed E-state index contributed by atoms with van der Waals surface area (Å²) >= 11 is 0. The van der Waals surface area contributed by atoms with Crippen LogP contribution in [-0.4, -0.2) is 33.6 Å². The van der Waals surface area contributed by atoms with Gasteiger partial charge in [-0.25, -0.2) is 14.8 Å². The highest BCUT2D eigenvalue weighted by molar-refractivity contribution is 5.86. The Labute approximate surface area is 165 Å². The number of nitrogens with one attached hydrogen (secondary N) is 1. The molecule has 4 aromatic rings. The first-order valence-corrected chi connectivity index (χ1v) is 9.03. The number of hydrogen-bond donors (Lipinski definition) is 1. The minimum Gasteiger partial charge on any atom is -0.449 e. The van der Waals surface area contributed by atoms with E-state index in [1.54, 1.807) is 6.20 Å². The van der Waals surface area contributed by atoms with Gasteiger partial charge >= 0.3 is 6.09 Å². The number of carbonyl (C=O) groups is 1. The Morgan fingerprint density at radius 3 is 2.83 bits per heavy atom. The number of ether oxygens (including phenoxy) is 1. The number of imidazole rings is 1. The number of amides is 1. The van der Waals surface area contributed by atoms with Crippen LogP contribution < -0.4 is 5.32 Å². The number of benzene rings is 2. The van der Waals surface area contributed by atoms with Crippen LogP contribution in [0, 0.1) is 0 Å². The van der Waals surface area contributed by atoms with Crippen molar-refractivity contribution in [3.8, 4) is 11.3 Å². The van der Waals surface area contributed by atoms with Gasteiger partial charge in [0, 0.05) is 23.3 Å². The summed E-state index contributed by atoms with van der Waals surface area (Å²) in [5, 5.41) is 6.06. The lowest BCUT2D eigenvalue weighted by Crippen LogP contribution is -2.14. The van der Waals surface area contributed by atoms with Crippen LogP contribution in [0.4, 0.5) is 10.5 Å². The molecule has 0 radical (unpaired) electrons. The molecule has 0 aliphatic heterocycles. The summed E-state index contributed by atoms with van der Waals surface area (Å²) < 4.78 is 7.06. The van der Waals surface area contributed by atoms with Crippen LogP contribution in [0.3, 0.4) is 0 Å². The van der Waals surface area contributed by atoms with Crippen molar-refractivity contribution in [1.29, 1.82) is 0 Å². The third-order valence-electron chi connectivity index (χ3n) is 4.33. The van der Waals surface area contributed by atoms with E-state index in [0.717, 1.165) is 22.3 Å². The monoisotopic (exact) mass is 387 g/mol. The fourth-order valence-electron chi connectivity index (χ4n) is 3.03. The Bertz CT molecular complexity index is 1210. The van der Waals surface area contributed by atoms with Crippen LogP contribution in [0.2, 0.25) is 0 Å². The van der Waals surface area contributed by atoms with Crippen molar-refractivity contribution in [3.05, 3.63) is 71.2 Å². The number of anilines is 1. The van der Waals surface area contributed by atoms with Crippen LogP contribution in [0.25, 0.3) is 38.5 Å². The van der Waals surface area contributed by atoms with Crippen LogP contribution in [-0.2, 0) is 4.74 Å². The molecule has 29 heavy (non-hydrogen) atoms. The van der Waals surface area contributed by atoms with Crippen LogP contribution in [0.1, 0.15) is 6.42 Å². The summed E-state index contributed by atoms with van der Waals surface area (Å²) in [6.45, 7) is 0.480. The van der Waals surface area contributed by atoms with E-state index >= 15 is 0 Å². The molecule has 2 aromatic heterocycles. The predicted molar refractivity (Wildman–Crippen MR) is 110 cm³/mol. The highest BCUT2D eigenvalue weighted by atomic mass is 16.5.